The van der Waals surface area contributed by atoms with E-state index in [1.165, 1.54) is 23.9 Å². The molecule has 2 aromatic carbocycles. The molecule has 0 saturated carbocycles. The zero-order valence-corrected chi connectivity index (χ0v) is 19.8. The van der Waals surface area contributed by atoms with Crippen LogP contribution in [0, 0.1) is 0 Å². The Labute approximate surface area is 197 Å². The highest BCUT2D eigenvalue weighted by Crippen LogP contribution is 2.49. The summed E-state index contributed by atoms with van der Waals surface area (Å²) in [6.45, 7) is 7.04. The standard InChI is InChI=1S/C25H31F3N2O2S/c1-17(31)18(2)32-20-10-14-29(15-11-20)12-5-13-30-21-6-3-4-7-23(21)33-24-9-8-19(16-22(24)30)25(26,27)28/h3-4,6-9,16-18,20,31H,5,10-15H2,1-2H3. The number of hydrogen-bond acceptors (Lipinski definition) is 5. The first-order chi connectivity index (χ1) is 15.7. The number of piperidine rings is 1. The van der Waals surface area contributed by atoms with Gasteiger partial charge >= 0.3 is 6.18 Å². The smallest absolute Gasteiger partial charge is 0.391 e. The number of aliphatic hydroxyl groups is 1. The van der Waals surface area contributed by atoms with Gasteiger partial charge in [-0.25, -0.2) is 0 Å². The van der Waals surface area contributed by atoms with Crippen molar-refractivity contribution in [1.82, 2.24) is 4.90 Å². The zero-order valence-electron chi connectivity index (χ0n) is 19.0. The first-order valence-electron chi connectivity index (χ1n) is 11.5. The number of likely N-dealkylation sites (tertiary alicyclic amines) is 1. The Hall–Kier alpha value is -1.74. The normalized spacial score (nSPS) is 19.2. The van der Waals surface area contributed by atoms with Crippen molar-refractivity contribution in [3.8, 4) is 0 Å². The maximum atomic E-state index is 13.4. The molecule has 0 spiro atoms. The third kappa shape index (κ3) is 5.85. The Kier molecular flexibility index (Phi) is 7.58. The lowest BCUT2D eigenvalue weighted by Gasteiger charge is -2.36. The van der Waals surface area contributed by atoms with Gasteiger partial charge < -0.3 is 19.6 Å². The van der Waals surface area contributed by atoms with Crippen LogP contribution in [0.5, 0.6) is 0 Å². The van der Waals surface area contributed by atoms with Crippen molar-refractivity contribution < 1.29 is 23.0 Å². The molecule has 0 radical (unpaired) electrons. The minimum Gasteiger partial charge on any atom is -0.391 e. The van der Waals surface area contributed by atoms with Crippen molar-refractivity contribution in [2.45, 2.75) is 67.4 Å². The summed E-state index contributed by atoms with van der Waals surface area (Å²) >= 11 is 1.52. The SMILES string of the molecule is CC(O)C(C)OC1CCN(CCCN2c3ccccc3Sc3ccc(C(F)(F)F)cc32)CC1. The van der Waals surface area contributed by atoms with Crippen LogP contribution in [0.1, 0.15) is 38.7 Å². The van der Waals surface area contributed by atoms with Crippen LogP contribution in [-0.4, -0.2) is 54.5 Å². The van der Waals surface area contributed by atoms with Gasteiger partial charge in [0.2, 0.25) is 0 Å². The van der Waals surface area contributed by atoms with Crippen LogP contribution in [0.25, 0.3) is 0 Å². The fourth-order valence-electron chi connectivity index (χ4n) is 4.39. The molecule has 2 unspecified atom stereocenters. The third-order valence-corrected chi connectivity index (χ3v) is 7.56. The van der Waals surface area contributed by atoms with Crippen molar-refractivity contribution in [3.63, 3.8) is 0 Å². The van der Waals surface area contributed by atoms with Crippen LogP contribution >= 0.6 is 11.8 Å². The predicted octanol–water partition coefficient (Wildman–Crippen LogP) is 5.95. The maximum absolute atomic E-state index is 13.4. The first kappa shape index (κ1) is 24.4. The summed E-state index contributed by atoms with van der Waals surface area (Å²) in [6.07, 6.45) is -2.13. The summed E-state index contributed by atoms with van der Waals surface area (Å²) in [5.74, 6) is 0. The van der Waals surface area contributed by atoms with E-state index in [4.69, 9.17) is 4.74 Å². The van der Waals surface area contributed by atoms with Gasteiger partial charge in [-0.2, -0.15) is 13.2 Å². The number of ether oxygens (including phenoxy) is 1. The van der Waals surface area contributed by atoms with Gasteiger partial charge in [0.1, 0.15) is 0 Å². The van der Waals surface area contributed by atoms with Crippen molar-refractivity contribution in [2.24, 2.45) is 0 Å². The number of hydrogen-bond donors (Lipinski definition) is 1. The minimum atomic E-state index is -4.36. The van der Waals surface area contributed by atoms with Crippen LogP contribution in [-0.2, 0) is 10.9 Å². The maximum Gasteiger partial charge on any atom is 0.416 e. The topological polar surface area (TPSA) is 35.9 Å². The minimum absolute atomic E-state index is 0.166. The molecule has 2 atom stereocenters. The molecule has 4 rings (SSSR count). The second kappa shape index (κ2) is 10.3. The van der Waals surface area contributed by atoms with Crippen LogP contribution < -0.4 is 4.90 Å². The molecule has 1 fully saturated rings. The number of aliphatic hydroxyl groups excluding tert-OH is 1. The van der Waals surface area contributed by atoms with E-state index in [-0.39, 0.29) is 12.2 Å². The van der Waals surface area contributed by atoms with Gasteiger partial charge in [-0.15, -0.1) is 0 Å². The lowest BCUT2D eigenvalue weighted by atomic mass is 10.1. The molecule has 0 amide bonds. The predicted molar refractivity (Wildman–Crippen MR) is 125 cm³/mol. The average molecular weight is 481 g/mol. The number of halogens is 3. The summed E-state index contributed by atoms with van der Waals surface area (Å²) in [6, 6.07) is 11.9. The molecule has 33 heavy (non-hydrogen) atoms. The molecule has 2 heterocycles. The molecular formula is C25H31F3N2O2S. The largest absolute Gasteiger partial charge is 0.416 e. The van der Waals surface area contributed by atoms with E-state index in [2.05, 4.69) is 4.90 Å². The van der Waals surface area contributed by atoms with Crippen LogP contribution in [0.2, 0.25) is 0 Å². The molecule has 4 nitrogen and oxygen atoms in total. The molecule has 0 aliphatic carbocycles. The molecule has 0 aromatic heterocycles. The monoisotopic (exact) mass is 480 g/mol. The van der Waals surface area contributed by atoms with E-state index in [9.17, 15) is 18.3 Å². The number of alkyl halides is 3. The molecule has 2 aromatic rings. The molecule has 2 aliphatic rings. The Morgan fingerprint density at radius 2 is 1.73 bits per heavy atom. The van der Waals surface area contributed by atoms with Gasteiger partial charge in [-0.1, -0.05) is 23.9 Å². The highest BCUT2D eigenvalue weighted by Gasteiger charge is 2.33. The van der Waals surface area contributed by atoms with Crippen molar-refractivity contribution in [3.05, 3.63) is 48.0 Å². The van der Waals surface area contributed by atoms with Crippen molar-refractivity contribution in [2.75, 3.05) is 31.1 Å². The van der Waals surface area contributed by atoms with Gasteiger partial charge in [0.05, 0.1) is 35.3 Å². The molecular weight excluding hydrogens is 449 g/mol. The fraction of sp³-hybridized carbons (Fsp3) is 0.520. The lowest BCUT2D eigenvalue weighted by Crippen LogP contribution is -2.40. The Morgan fingerprint density at radius 1 is 1.03 bits per heavy atom. The summed E-state index contributed by atoms with van der Waals surface area (Å²) in [5.41, 5.74) is 0.987. The molecule has 180 valence electrons. The number of fused-ring (bicyclic) bond motifs is 2. The molecule has 8 heteroatoms. The highest BCUT2D eigenvalue weighted by molar-refractivity contribution is 7.99. The molecule has 0 bridgehead atoms. The van der Waals surface area contributed by atoms with Crippen molar-refractivity contribution in [1.29, 1.82) is 0 Å². The first-order valence-corrected chi connectivity index (χ1v) is 12.4. The van der Waals surface area contributed by atoms with Gasteiger partial charge in [-0.3, -0.25) is 0 Å². The summed E-state index contributed by atoms with van der Waals surface area (Å²) in [5, 5.41) is 9.64. The van der Waals surface area contributed by atoms with Crippen LogP contribution in [0.15, 0.2) is 52.3 Å². The van der Waals surface area contributed by atoms with Crippen molar-refractivity contribution >= 4 is 23.1 Å². The van der Waals surface area contributed by atoms with Crippen LogP contribution in [0.3, 0.4) is 0 Å². The summed E-state index contributed by atoms with van der Waals surface area (Å²) in [4.78, 5) is 6.35. The van der Waals surface area contributed by atoms with Gasteiger partial charge in [0.15, 0.2) is 0 Å². The number of rotatable bonds is 7. The van der Waals surface area contributed by atoms with E-state index < -0.39 is 17.8 Å². The molecule has 1 saturated heterocycles. The quantitative estimate of drug-likeness (QED) is 0.530. The second-order valence-corrected chi connectivity index (χ2v) is 9.96. The van der Waals surface area contributed by atoms with Gasteiger partial charge in [-0.05, 0) is 70.0 Å². The second-order valence-electron chi connectivity index (χ2n) is 8.88. The Bertz CT molecular complexity index is 945. The van der Waals surface area contributed by atoms with Gasteiger partial charge in [0, 0.05) is 29.4 Å². The Balaban J connectivity index is 1.39. The van der Waals surface area contributed by atoms with Gasteiger partial charge in [0.25, 0.3) is 0 Å². The number of benzene rings is 2. The summed E-state index contributed by atoms with van der Waals surface area (Å²) in [7, 11) is 0. The lowest BCUT2D eigenvalue weighted by molar-refractivity contribution is -0.137. The highest BCUT2D eigenvalue weighted by atomic mass is 32.2. The van der Waals surface area contributed by atoms with Crippen LogP contribution in [0.4, 0.5) is 24.5 Å². The molecule has 2 aliphatic heterocycles. The van der Waals surface area contributed by atoms with E-state index in [1.54, 1.807) is 13.0 Å². The number of nitrogens with zero attached hydrogens (tertiary/aromatic N) is 2. The zero-order chi connectivity index (χ0) is 23.6. The number of para-hydroxylation sites is 1. The Morgan fingerprint density at radius 3 is 2.42 bits per heavy atom. The summed E-state index contributed by atoms with van der Waals surface area (Å²) < 4.78 is 46.1. The fourth-order valence-corrected chi connectivity index (χ4v) is 5.46. The van der Waals surface area contributed by atoms with E-state index in [0.29, 0.717) is 12.2 Å². The average Bonchev–Trinajstić information content (AvgIpc) is 2.78. The third-order valence-electron chi connectivity index (χ3n) is 6.43. The molecule has 1 N–H and O–H groups in total. The van der Waals surface area contributed by atoms with E-state index in [0.717, 1.165) is 54.4 Å². The van der Waals surface area contributed by atoms with E-state index >= 15 is 0 Å². The number of anilines is 2. The van der Waals surface area contributed by atoms with E-state index in [1.807, 2.05) is 36.1 Å².